The normalized spacial score (nSPS) is 10.5. The lowest BCUT2D eigenvalue weighted by Gasteiger charge is -2.19. The van der Waals surface area contributed by atoms with Gasteiger partial charge in [-0.1, -0.05) is 143 Å². The average molecular weight is 1450 g/mol. The Hall–Kier alpha value is -11.9. The van der Waals surface area contributed by atoms with Gasteiger partial charge in [0.05, 0.1) is 127 Å². The Labute approximate surface area is 578 Å². The molecule has 0 unspecified atom stereocenters. The van der Waals surface area contributed by atoms with Crippen LogP contribution in [0.5, 0.6) is 0 Å². The van der Waals surface area contributed by atoms with Crippen molar-refractivity contribution >= 4 is 107 Å². The van der Waals surface area contributed by atoms with Gasteiger partial charge in [-0.2, -0.15) is 0 Å². The van der Waals surface area contributed by atoms with E-state index < -0.39 is 208 Å². The number of carboxylic acids is 14. The Kier molecular flexibility index (Phi) is 37.6. The van der Waals surface area contributed by atoms with Crippen molar-refractivity contribution in [2.75, 3.05) is 26.4 Å². The highest BCUT2D eigenvalue weighted by Crippen LogP contribution is 2.35. The Morgan fingerprint density at radius 2 is 0.265 bits per heavy atom. The van der Waals surface area contributed by atoms with E-state index in [4.69, 9.17) is 18.9 Å². The summed E-state index contributed by atoms with van der Waals surface area (Å²) in [6.07, 6.45) is 17.1. The summed E-state index contributed by atoms with van der Waals surface area (Å²) in [4.78, 5) is 216. The van der Waals surface area contributed by atoms with Crippen LogP contribution in [0.2, 0.25) is 0 Å². The highest BCUT2D eigenvalue weighted by molar-refractivity contribution is 6.26. The molecule has 0 radical (unpaired) electrons. The third kappa shape index (κ3) is 24.2. The molecule has 0 fully saturated rings. The van der Waals surface area contributed by atoms with Crippen LogP contribution < -0.4 is 0 Å². The van der Waals surface area contributed by atoms with Crippen molar-refractivity contribution in [1.29, 1.82) is 0 Å². The minimum Gasteiger partial charge on any atom is -0.478 e. The largest absolute Gasteiger partial charge is 0.478 e. The summed E-state index contributed by atoms with van der Waals surface area (Å²) in [6, 6.07) is 0. The maximum absolute atomic E-state index is 13.1. The molecular formula is C66H78O36. The summed E-state index contributed by atoms with van der Waals surface area (Å²) >= 11 is 0. The van der Waals surface area contributed by atoms with Gasteiger partial charge >= 0.3 is 107 Å². The lowest BCUT2D eigenvalue weighted by Crippen LogP contribution is -2.29. The number of aromatic carboxylic acids is 14. The highest BCUT2D eigenvalue weighted by Gasteiger charge is 2.45. The fourth-order valence-corrected chi connectivity index (χ4v) is 10.2. The van der Waals surface area contributed by atoms with Gasteiger partial charge in [-0.15, -0.1) is 0 Å². The molecule has 0 spiro atoms. The first kappa shape index (κ1) is 88.1. The van der Waals surface area contributed by atoms with E-state index in [-0.39, 0.29) is 26.4 Å². The third-order valence-corrected chi connectivity index (χ3v) is 14.7. The van der Waals surface area contributed by atoms with Crippen LogP contribution >= 0.6 is 0 Å². The number of hydrogen-bond donors (Lipinski definition) is 14. The number of esters is 4. The second-order valence-corrected chi connectivity index (χ2v) is 21.9. The Bertz CT molecular complexity index is 3480. The first-order valence-corrected chi connectivity index (χ1v) is 31.6. The smallest absolute Gasteiger partial charge is 0.339 e. The third-order valence-electron chi connectivity index (χ3n) is 14.7. The Morgan fingerprint density at radius 1 is 0.167 bits per heavy atom. The first-order chi connectivity index (χ1) is 47.9. The Morgan fingerprint density at radius 3 is 0.382 bits per heavy atom. The molecular weight excluding hydrogens is 1370 g/mol. The second-order valence-electron chi connectivity index (χ2n) is 21.9. The molecule has 0 saturated heterocycles. The summed E-state index contributed by atoms with van der Waals surface area (Å²) in [5.41, 5.74) is -26.0. The molecule has 0 saturated carbocycles. The van der Waals surface area contributed by atoms with Gasteiger partial charge in [0, 0.05) is 0 Å². The summed E-state index contributed by atoms with van der Waals surface area (Å²) < 4.78 is 20.0. The minimum absolute atomic E-state index is 0.219. The zero-order chi connectivity index (χ0) is 78.0. The number of unbranched alkanes of at least 4 members (excludes halogenated alkanes) is 18. The van der Waals surface area contributed by atoms with Gasteiger partial charge in [0.15, 0.2) is 0 Å². The quantitative estimate of drug-likeness (QED) is 0.0142. The number of carbonyl (C=O) groups is 18. The van der Waals surface area contributed by atoms with Crippen LogP contribution in [0, 0.1) is 0 Å². The minimum atomic E-state index is -2.20. The zero-order valence-corrected chi connectivity index (χ0v) is 55.6. The molecule has 3 rings (SSSR count). The van der Waals surface area contributed by atoms with E-state index in [9.17, 15) is 158 Å². The van der Waals surface area contributed by atoms with Crippen molar-refractivity contribution in [2.24, 2.45) is 0 Å². The molecule has 14 N–H and O–H groups in total. The summed E-state index contributed by atoms with van der Waals surface area (Å²) in [5.74, 6) is -36.2. The molecule has 102 heavy (non-hydrogen) atoms. The van der Waals surface area contributed by atoms with Crippen LogP contribution in [0.25, 0.3) is 0 Å². The number of rotatable bonds is 44. The van der Waals surface area contributed by atoms with Crippen molar-refractivity contribution in [1.82, 2.24) is 0 Å². The SMILES string of the molecule is CCCCCCCCCOC(=O)c1c(C(=O)O)c(C(=O)O)c(C(=O)O)c(C(=O)O)c1C(=O)OCCCCCCC.CCCCCCCOC(=O)c1c(C(=O)O)c(C(=O)O)c(C(=O)O)c(C(=O)O)c1C(=O)O.CCCCCCCOC(=O)c1c(C(=O)O)c(C(=O)O)c(C(=O)O)c(C(=O)O)c1C(=O)O. The van der Waals surface area contributed by atoms with E-state index in [2.05, 4.69) is 6.92 Å². The van der Waals surface area contributed by atoms with Crippen molar-refractivity contribution < 1.29 is 177 Å². The molecule has 558 valence electrons. The van der Waals surface area contributed by atoms with E-state index in [1.165, 1.54) is 0 Å². The molecule has 0 aromatic heterocycles. The molecule has 3 aromatic carbocycles. The molecule has 3 aromatic rings. The summed E-state index contributed by atoms with van der Waals surface area (Å²) in [5, 5.41) is 133. The molecule has 0 bridgehead atoms. The monoisotopic (exact) mass is 1450 g/mol. The highest BCUT2D eigenvalue weighted by atomic mass is 16.6. The van der Waals surface area contributed by atoms with Crippen LogP contribution in [0.4, 0.5) is 0 Å². The average Bonchev–Trinajstić information content (AvgIpc) is 0.755. The van der Waals surface area contributed by atoms with Crippen molar-refractivity contribution in [3.8, 4) is 0 Å². The lowest BCUT2D eigenvalue weighted by atomic mass is 9.86. The molecule has 0 heterocycles. The number of hydrogen-bond acceptors (Lipinski definition) is 22. The van der Waals surface area contributed by atoms with Crippen LogP contribution in [-0.2, 0) is 18.9 Å². The van der Waals surface area contributed by atoms with Crippen molar-refractivity contribution in [2.45, 2.75) is 169 Å². The molecule has 0 amide bonds. The maximum atomic E-state index is 13.1. The van der Waals surface area contributed by atoms with Gasteiger partial charge in [0.2, 0.25) is 0 Å². The van der Waals surface area contributed by atoms with Crippen LogP contribution in [-0.4, -0.2) is 205 Å². The number of carboxylic acid groups (broad SMARTS) is 14. The van der Waals surface area contributed by atoms with E-state index in [1.54, 1.807) is 0 Å². The summed E-state index contributed by atoms with van der Waals surface area (Å²) in [7, 11) is 0. The maximum Gasteiger partial charge on any atom is 0.339 e. The lowest BCUT2D eigenvalue weighted by molar-refractivity contribution is 0.0438. The molecule has 36 nitrogen and oxygen atoms in total. The van der Waals surface area contributed by atoms with Gasteiger partial charge in [-0.25, -0.2) is 86.3 Å². The number of carbonyl (C=O) groups excluding carboxylic acids is 4. The molecule has 0 atom stereocenters. The van der Waals surface area contributed by atoms with E-state index in [1.807, 2.05) is 20.8 Å². The van der Waals surface area contributed by atoms with Crippen LogP contribution in [0.3, 0.4) is 0 Å². The predicted octanol–water partition coefficient (Wildman–Crippen LogP) is 10.1. The van der Waals surface area contributed by atoms with Crippen LogP contribution in [0.15, 0.2) is 0 Å². The topological polar surface area (TPSA) is 627 Å². The predicted molar refractivity (Wildman–Crippen MR) is 342 cm³/mol. The van der Waals surface area contributed by atoms with Gasteiger partial charge in [0.25, 0.3) is 0 Å². The molecule has 0 aliphatic heterocycles. The zero-order valence-electron chi connectivity index (χ0n) is 55.6. The fraction of sp³-hybridized carbons (Fsp3) is 0.455. The standard InChI is InChI=1S/C28H38O12.2C19H20O12/c1-3-5-7-9-10-12-14-16-40-28(38)22-20(26(35)36)18(24(31)32)17(23(29)30)19(25(33)34)21(22)27(37)39-15-13-11-8-6-4-2;2*1-2-3-4-5-6-7-31-19(30)13-11(17(26)27)9(15(22)23)8(14(20)21)10(16(24)25)12(13)18(28)29/h3-16H2,1-2H3,(H,29,30)(H,31,32)(H,33,34)(H,35,36);2*2-7H2,1H3,(H,20,21)(H,22,23)(H,24,25)(H,26,27)(H,28,29). The second kappa shape index (κ2) is 43.5. The van der Waals surface area contributed by atoms with Gasteiger partial charge in [0.1, 0.15) is 0 Å². The first-order valence-electron chi connectivity index (χ1n) is 31.6. The van der Waals surface area contributed by atoms with E-state index in [0.717, 1.165) is 89.9 Å². The molecule has 36 heteroatoms. The number of ether oxygens (including phenoxy) is 4. The van der Waals surface area contributed by atoms with Crippen LogP contribution in [0.1, 0.15) is 355 Å². The molecule has 0 aliphatic carbocycles. The van der Waals surface area contributed by atoms with Crippen molar-refractivity contribution in [3.05, 3.63) is 100 Å². The summed E-state index contributed by atoms with van der Waals surface area (Å²) in [6.45, 7) is 7.05. The van der Waals surface area contributed by atoms with Gasteiger partial charge < -0.3 is 90.4 Å². The number of benzene rings is 3. The molecule has 0 aliphatic rings. The Balaban J connectivity index is 0.000000774. The van der Waals surface area contributed by atoms with E-state index >= 15 is 0 Å². The fourth-order valence-electron chi connectivity index (χ4n) is 10.2. The van der Waals surface area contributed by atoms with E-state index in [0.29, 0.717) is 51.4 Å². The van der Waals surface area contributed by atoms with Gasteiger partial charge in [-0.05, 0) is 25.7 Å². The van der Waals surface area contributed by atoms with Crippen molar-refractivity contribution in [3.63, 3.8) is 0 Å². The van der Waals surface area contributed by atoms with Gasteiger partial charge in [-0.3, -0.25) is 0 Å².